The van der Waals surface area contributed by atoms with Crippen LogP contribution in [0.3, 0.4) is 0 Å². The van der Waals surface area contributed by atoms with E-state index in [0.29, 0.717) is 33.1 Å². The molecule has 0 fully saturated rings. The number of hydrogen-bond donors (Lipinski definition) is 0. The van der Waals surface area contributed by atoms with Crippen LogP contribution in [0.5, 0.6) is 11.5 Å². The van der Waals surface area contributed by atoms with Crippen LogP contribution in [-0.4, -0.2) is 36.3 Å². The maximum atomic E-state index is 13.9. The zero-order chi connectivity index (χ0) is 30.1. The maximum absolute atomic E-state index is 13.9. The summed E-state index contributed by atoms with van der Waals surface area (Å²) >= 11 is 1.09. The highest BCUT2D eigenvalue weighted by Gasteiger charge is 2.35. The van der Waals surface area contributed by atoms with E-state index in [2.05, 4.69) is 4.99 Å². The number of benzene rings is 2. The molecular formula is C29H24FN3O8S. The van der Waals surface area contributed by atoms with Crippen LogP contribution in [0.1, 0.15) is 31.2 Å². The minimum Gasteiger partial charge on any atom is -0.497 e. The molecule has 1 atom stereocenters. The van der Waals surface area contributed by atoms with Crippen LogP contribution in [0.4, 0.5) is 10.1 Å². The molecule has 3 heterocycles. The lowest BCUT2D eigenvalue weighted by Crippen LogP contribution is -2.40. The number of methoxy groups -OCH3 is 2. The van der Waals surface area contributed by atoms with Gasteiger partial charge in [-0.25, -0.2) is 9.79 Å². The molecule has 5 rings (SSSR count). The number of nitrogens with zero attached hydrogens (tertiary/aromatic N) is 3. The van der Waals surface area contributed by atoms with E-state index in [1.807, 2.05) is 0 Å². The van der Waals surface area contributed by atoms with Gasteiger partial charge in [0, 0.05) is 23.3 Å². The summed E-state index contributed by atoms with van der Waals surface area (Å²) < 4.78 is 37.6. The van der Waals surface area contributed by atoms with Crippen LogP contribution < -0.4 is 24.4 Å². The number of carbonyl (C=O) groups is 1. The molecule has 0 bridgehead atoms. The Morgan fingerprint density at radius 1 is 1.19 bits per heavy atom. The zero-order valence-electron chi connectivity index (χ0n) is 22.9. The Labute approximate surface area is 241 Å². The molecule has 0 aliphatic carbocycles. The van der Waals surface area contributed by atoms with Crippen molar-refractivity contribution in [3.63, 3.8) is 0 Å². The molecule has 13 heteroatoms. The van der Waals surface area contributed by atoms with Gasteiger partial charge in [0.1, 0.15) is 29.1 Å². The van der Waals surface area contributed by atoms with E-state index in [4.69, 9.17) is 18.6 Å². The number of halogens is 1. The average Bonchev–Trinajstić information content (AvgIpc) is 3.56. The molecule has 42 heavy (non-hydrogen) atoms. The van der Waals surface area contributed by atoms with E-state index in [0.717, 1.165) is 23.5 Å². The first-order valence-electron chi connectivity index (χ1n) is 12.6. The molecule has 4 aromatic rings. The van der Waals surface area contributed by atoms with Crippen LogP contribution in [0.25, 0.3) is 17.4 Å². The van der Waals surface area contributed by atoms with E-state index in [1.54, 1.807) is 44.2 Å². The molecule has 0 saturated heterocycles. The molecular weight excluding hydrogens is 569 g/mol. The lowest BCUT2D eigenvalue weighted by Gasteiger charge is -2.26. The largest absolute Gasteiger partial charge is 0.497 e. The summed E-state index contributed by atoms with van der Waals surface area (Å²) in [6, 6.07) is 10.7. The highest BCUT2D eigenvalue weighted by molar-refractivity contribution is 7.07. The predicted molar refractivity (Wildman–Crippen MR) is 151 cm³/mol. The molecule has 2 aromatic carbocycles. The fourth-order valence-electron chi connectivity index (χ4n) is 4.66. The Bertz CT molecular complexity index is 1940. The molecule has 1 aliphatic heterocycles. The van der Waals surface area contributed by atoms with Crippen LogP contribution in [0.2, 0.25) is 0 Å². The predicted octanol–water partition coefficient (Wildman–Crippen LogP) is 4.12. The van der Waals surface area contributed by atoms with Crippen LogP contribution in [0.15, 0.2) is 74.0 Å². The molecule has 0 spiro atoms. The van der Waals surface area contributed by atoms with Crippen molar-refractivity contribution in [2.75, 3.05) is 20.8 Å². The molecule has 0 radical (unpaired) electrons. The summed E-state index contributed by atoms with van der Waals surface area (Å²) in [5.74, 6) is -0.134. The Hall–Kier alpha value is -5.04. The number of hydrogen-bond acceptors (Lipinski definition) is 10. The second-order valence-electron chi connectivity index (χ2n) is 9.04. The Balaban J connectivity index is 1.66. The Morgan fingerprint density at radius 3 is 2.67 bits per heavy atom. The van der Waals surface area contributed by atoms with Gasteiger partial charge in [-0.1, -0.05) is 11.3 Å². The van der Waals surface area contributed by atoms with E-state index in [-0.39, 0.29) is 28.2 Å². The van der Waals surface area contributed by atoms with Crippen molar-refractivity contribution in [2.24, 2.45) is 4.99 Å². The van der Waals surface area contributed by atoms with Crippen LogP contribution >= 0.6 is 11.3 Å². The van der Waals surface area contributed by atoms with Crippen molar-refractivity contribution in [2.45, 2.75) is 19.9 Å². The number of thiazole rings is 1. The van der Waals surface area contributed by atoms with Gasteiger partial charge in [0.2, 0.25) is 5.82 Å². The van der Waals surface area contributed by atoms with Crippen molar-refractivity contribution in [1.82, 2.24) is 4.57 Å². The Kier molecular flexibility index (Phi) is 7.77. The van der Waals surface area contributed by atoms with Crippen LogP contribution in [0, 0.1) is 15.9 Å². The number of nitro benzene ring substituents is 1. The number of allylic oxidation sites excluding steroid dienone is 1. The summed E-state index contributed by atoms with van der Waals surface area (Å²) in [5, 5.41) is 11.2. The molecule has 216 valence electrons. The van der Waals surface area contributed by atoms with Gasteiger partial charge in [0.15, 0.2) is 4.80 Å². The van der Waals surface area contributed by atoms with Gasteiger partial charge in [0.05, 0.1) is 41.6 Å². The number of esters is 1. The van der Waals surface area contributed by atoms with Crippen molar-refractivity contribution in [1.29, 1.82) is 0 Å². The van der Waals surface area contributed by atoms with Gasteiger partial charge in [-0.05, 0) is 56.3 Å². The monoisotopic (exact) mass is 593 g/mol. The number of carbonyl (C=O) groups excluding carboxylic acids is 1. The fraction of sp³-hybridized carbons (Fsp3) is 0.207. The van der Waals surface area contributed by atoms with Crippen molar-refractivity contribution in [3.8, 4) is 22.8 Å². The van der Waals surface area contributed by atoms with Crippen molar-refractivity contribution in [3.05, 3.63) is 107 Å². The third-order valence-electron chi connectivity index (χ3n) is 6.58. The molecule has 0 saturated carbocycles. The highest BCUT2D eigenvalue weighted by Crippen LogP contribution is 2.38. The number of furan rings is 1. The standard InChI is InChI=1S/C29H24FN3O8S/c1-5-40-28(35)25-15(2)31-29-32(26(25)19-13-17(38-3)7-11-23(19)39-4)27(34)24(42-29)14-18-8-10-22(41-18)16-6-9-20(30)21(12-16)33(36)37/h6-14,26H,5H2,1-4H3/b24-14-/t26-/m0/s1. The highest BCUT2D eigenvalue weighted by atomic mass is 32.1. The quantitative estimate of drug-likeness (QED) is 0.169. The smallest absolute Gasteiger partial charge is 0.338 e. The Morgan fingerprint density at radius 2 is 1.98 bits per heavy atom. The first-order chi connectivity index (χ1) is 20.2. The summed E-state index contributed by atoms with van der Waals surface area (Å²) in [6.07, 6.45) is 1.51. The zero-order valence-corrected chi connectivity index (χ0v) is 23.7. The van der Waals surface area contributed by atoms with Gasteiger partial charge in [-0.15, -0.1) is 0 Å². The van der Waals surface area contributed by atoms with E-state index in [9.17, 15) is 24.1 Å². The maximum Gasteiger partial charge on any atom is 0.338 e. The second kappa shape index (κ2) is 11.4. The van der Waals surface area contributed by atoms with Crippen LogP contribution in [-0.2, 0) is 9.53 Å². The third-order valence-corrected chi connectivity index (χ3v) is 7.56. The van der Waals surface area contributed by atoms with E-state index >= 15 is 0 Å². The van der Waals surface area contributed by atoms with Gasteiger partial charge < -0.3 is 18.6 Å². The molecule has 0 amide bonds. The van der Waals surface area contributed by atoms with E-state index in [1.165, 1.54) is 30.9 Å². The molecule has 0 N–H and O–H groups in total. The number of aromatic nitrogens is 1. The lowest BCUT2D eigenvalue weighted by atomic mass is 9.95. The van der Waals surface area contributed by atoms with Gasteiger partial charge in [0.25, 0.3) is 5.56 Å². The first-order valence-corrected chi connectivity index (χ1v) is 13.4. The molecule has 2 aromatic heterocycles. The number of ether oxygens (including phenoxy) is 3. The minimum absolute atomic E-state index is 0.125. The topological polar surface area (TPSA) is 135 Å². The SMILES string of the molecule is CCOC(=O)C1=C(C)N=c2s/c(=C\c3ccc(-c4ccc(F)c([N+](=O)[O-])c4)o3)c(=O)n2[C@H]1c1cc(OC)ccc1OC. The van der Waals surface area contributed by atoms with Gasteiger partial charge >= 0.3 is 11.7 Å². The third kappa shape index (κ3) is 5.09. The van der Waals surface area contributed by atoms with E-state index < -0.39 is 34.0 Å². The number of rotatable bonds is 8. The first kappa shape index (κ1) is 28.5. The van der Waals surface area contributed by atoms with Crippen molar-refractivity contribution < 1.29 is 32.7 Å². The molecule has 1 aliphatic rings. The molecule has 0 unspecified atom stereocenters. The fourth-order valence-corrected chi connectivity index (χ4v) is 5.69. The van der Waals surface area contributed by atoms with Crippen molar-refractivity contribution >= 4 is 29.1 Å². The number of fused-ring (bicyclic) bond motifs is 1. The number of nitro groups is 1. The minimum atomic E-state index is -0.962. The lowest BCUT2D eigenvalue weighted by molar-refractivity contribution is -0.387. The average molecular weight is 594 g/mol. The summed E-state index contributed by atoms with van der Waals surface area (Å²) in [7, 11) is 2.99. The van der Waals surface area contributed by atoms with Gasteiger partial charge in [-0.3, -0.25) is 19.5 Å². The normalized spacial score (nSPS) is 14.8. The summed E-state index contributed by atoms with van der Waals surface area (Å²) in [4.78, 5) is 42.3. The summed E-state index contributed by atoms with van der Waals surface area (Å²) in [5.41, 5.74) is 0.233. The summed E-state index contributed by atoms with van der Waals surface area (Å²) in [6.45, 7) is 3.48. The van der Waals surface area contributed by atoms with Gasteiger partial charge in [-0.2, -0.15) is 4.39 Å². The molecule has 11 nitrogen and oxygen atoms in total. The second-order valence-corrected chi connectivity index (χ2v) is 10.0.